The van der Waals surface area contributed by atoms with Gasteiger partial charge in [-0.05, 0) is 44.0 Å². The largest absolute Gasteiger partial charge is 0.389 e. The van der Waals surface area contributed by atoms with Crippen LogP contribution in [-0.2, 0) is 0 Å². The molecule has 6 nitrogen and oxygen atoms in total. The van der Waals surface area contributed by atoms with Gasteiger partial charge in [0.25, 0.3) is 5.91 Å². The van der Waals surface area contributed by atoms with E-state index in [1.807, 2.05) is 6.92 Å². The van der Waals surface area contributed by atoms with E-state index in [0.717, 1.165) is 0 Å². The van der Waals surface area contributed by atoms with Gasteiger partial charge in [-0.15, -0.1) is 11.3 Å². The molecular weight excluding hydrogens is 405 g/mol. The van der Waals surface area contributed by atoms with Crippen LogP contribution in [0.2, 0.25) is 0 Å². The zero-order valence-corrected chi connectivity index (χ0v) is 17.8. The number of aromatic nitrogens is 1. The summed E-state index contributed by atoms with van der Waals surface area (Å²) in [7, 11) is 0. The number of primary amides is 1. The van der Waals surface area contributed by atoms with E-state index in [-0.39, 0.29) is 5.56 Å². The van der Waals surface area contributed by atoms with Crippen LogP contribution in [0.1, 0.15) is 59.7 Å². The molecule has 1 amide bonds. The number of benzene rings is 1. The Morgan fingerprint density at radius 1 is 1.27 bits per heavy atom. The van der Waals surface area contributed by atoms with E-state index < -0.39 is 23.9 Å². The van der Waals surface area contributed by atoms with Gasteiger partial charge in [-0.2, -0.15) is 0 Å². The van der Waals surface area contributed by atoms with Crippen LogP contribution in [0.3, 0.4) is 0 Å². The molecule has 2 unspecified atom stereocenters. The third kappa shape index (κ3) is 4.51. The van der Waals surface area contributed by atoms with Crippen LogP contribution in [0, 0.1) is 12.7 Å². The fourth-order valence-corrected chi connectivity index (χ4v) is 4.27. The average molecular weight is 430 g/mol. The molecule has 0 aliphatic rings. The molecule has 0 saturated carbocycles. The normalized spacial score (nSPS) is 13.1. The molecule has 3 aromatic rings. The second-order valence-electron chi connectivity index (χ2n) is 7.05. The van der Waals surface area contributed by atoms with Gasteiger partial charge in [-0.3, -0.25) is 4.79 Å². The third-order valence-corrected chi connectivity index (χ3v) is 5.93. The number of halogens is 1. The number of aryl methyl sites for hydroxylation is 1. The van der Waals surface area contributed by atoms with Crippen molar-refractivity contribution in [1.29, 1.82) is 0 Å². The summed E-state index contributed by atoms with van der Waals surface area (Å²) in [5.74, 6) is -0.649. The number of hydrogen-bond donors (Lipinski definition) is 4. The maximum absolute atomic E-state index is 14.7. The maximum atomic E-state index is 14.7. The molecule has 2 aromatic heterocycles. The molecule has 0 aliphatic heterocycles. The minimum atomic E-state index is -0.728. The summed E-state index contributed by atoms with van der Waals surface area (Å²) in [5, 5.41) is 23.2. The number of aliphatic hydroxyl groups is 2. The summed E-state index contributed by atoms with van der Waals surface area (Å²) in [6, 6.07) is 9.55. The van der Waals surface area contributed by atoms with Gasteiger partial charge in [0.15, 0.2) is 0 Å². The average Bonchev–Trinajstić information content (AvgIpc) is 3.10. The highest BCUT2D eigenvalue weighted by molar-refractivity contribution is 7.19. The van der Waals surface area contributed by atoms with Gasteiger partial charge in [0.1, 0.15) is 16.6 Å². The van der Waals surface area contributed by atoms with Crippen molar-refractivity contribution in [2.75, 3.05) is 5.32 Å². The van der Waals surface area contributed by atoms with Crippen molar-refractivity contribution >= 4 is 28.1 Å². The van der Waals surface area contributed by atoms with Crippen LogP contribution in [-0.4, -0.2) is 21.1 Å². The SMILES string of the molecule is CCC(O)c1ccc(-c2cc(C(N)=O)c(Nc3ccc(C(C)O)c(C)n3)s2)c(F)c1. The molecular formula is C22H24FN3O3S. The fourth-order valence-electron chi connectivity index (χ4n) is 3.17. The molecule has 0 saturated heterocycles. The van der Waals surface area contributed by atoms with Crippen LogP contribution in [0.5, 0.6) is 0 Å². The predicted molar refractivity (Wildman–Crippen MR) is 116 cm³/mol. The summed E-state index contributed by atoms with van der Waals surface area (Å²) in [6.45, 7) is 5.26. The Bertz CT molecular complexity index is 1080. The van der Waals surface area contributed by atoms with Crippen molar-refractivity contribution in [2.45, 2.75) is 39.4 Å². The number of nitrogens with two attached hydrogens (primary N) is 1. The lowest BCUT2D eigenvalue weighted by Crippen LogP contribution is -2.11. The molecule has 0 radical (unpaired) electrons. The molecule has 0 aliphatic carbocycles. The standard InChI is InChI=1S/C22H24FN3O3S/c1-4-18(28)13-5-6-15(17(23)9-13)19-10-16(21(24)29)22(30-19)26-20-8-7-14(12(3)27)11(2)25-20/h5-10,12,18,27-28H,4H2,1-3H3,(H2,24,29)(H,25,26). The van der Waals surface area contributed by atoms with Gasteiger partial charge >= 0.3 is 0 Å². The highest BCUT2D eigenvalue weighted by Gasteiger charge is 2.19. The van der Waals surface area contributed by atoms with E-state index >= 15 is 0 Å². The summed E-state index contributed by atoms with van der Waals surface area (Å²) >= 11 is 1.18. The monoisotopic (exact) mass is 429 g/mol. The molecule has 3 rings (SSSR count). The van der Waals surface area contributed by atoms with Crippen molar-refractivity contribution in [2.24, 2.45) is 5.73 Å². The molecule has 8 heteroatoms. The fraction of sp³-hybridized carbons (Fsp3) is 0.273. The number of thiophene rings is 1. The van der Waals surface area contributed by atoms with Gasteiger partial charge in [0.05, 0.1) is 17.8 Å². The lowest BCUT2D eigenvalue weighted by molar-refractivity contribution is 0.100. The Morgan fingerprint density at radius 2 is 2.00 bits per heavy atom. The molecule has 30 heavy (non-hydrogen) atoms. The molecule has 2 heterocycles. The highest BCUT2D eigenvalue weighted by atomic mass is 32.1. The Morgan fingerprint density at radius 3 is 2.57 bits per heavy atom. The predicted octanol–water partition coefficient (Wildman–Crippen LogP) is 4.60. The van der Waals surface area contributed by atoms with Crippen molar-refractivity contribution in [1.82, 2.24) is 4.98 Å². The number of rotatable bonds is 7. The van der Waals surface area contributed by atoms with Gasteiger partial charge < -0.3 is 21.3 Å². The van der Waals surface area contributed by atoms with Crippen LogP contribution in [0.4, 0.5) is 15.2 Å². The number of pyridine rings is 1. The number of carbonyl (C=O) groups excluding carboxylic acids is 1. The Hall–Kier alpha value is -2.81. The Labute approximate surface area is 178 Å². The number of nitrogens with zero attached hydrogens (tertiary/aromatic N) is 1. The van der Waals surface area contributed by atoms with E-state index in [0.29, 0.717) is 44.5 Å². The second kappa shape index (κ2) is 8.91. The zero-order valence-electron chi connectivity index (χ0n) is 16.9. The van der Waals surface area contributed by atoms with Crippen molar-refractivity contribution in [3.05, 3.63) is 64.6 Å². The first-order valence-corrected chi connectivity index (χ1v) is 10.4. The number of hydrogen-bond acceptors (Lipinski definition) is 6. The molecule has 0 spiro atoms. The van der Waals surface area contributed by atoms with Crippen LogP contribution >= 0.6 is 11.3 Å². The van der Waals surface area contributed by atoms with Gasteiger partial charge in [0.2, 0.25) is 0 Å². The molecule has 0 bridgehead atoms. The molecule has 2 atom stereocenters. The molecule has 158 valence electrons. The maximum Gasteiger partial charge on any atom is 0.251 e. The van der Waals surface area contributed by atoms with Crippen molar-refractivity contribution in [3.8, 4) is 10.4 Å². The minimum absolute atomic E-state index is 0.228. The first kappa shape index (κ1) is 21.9. The molecule has 5 N–H and O–H groups in total. The lowest BCUT2D eigenvalue weighted by Gasteiger charge is -2.11. The Kier molecular flexibility index (Phi) is 6.50. The van der Waals surface area contributed by atoms with Crippen LogP contribution < -0.4 is 11.1 Å². The van der Waals surface area contributed by atoms with Crippen LogP contribution in [0.15, 0.2) is 36.4 Å². The number of carbonyl (C=O) groups is 1. The second-order valence-corrected chi connectivity index (χ2v) is 8.11. The summed E-state index contributed by atoms with van der Waals surface area (Å²) in [6.07, 6.45) is -0.884. The first-order chi connectivity index (χ1) is 14.2. The van der Waals surface area contributed by atoms with E-state index in [1.54, 1.807) is 44.2 Å². The van der Waals surface area contributed by atoms with Crippen LogP contribution in [0.25, 0.3) is 10.4 Å². The highest BCUT2D eigenvalue weighted by Crippen LogP contribution is 2.38. The van der Waals surface area contributed by atoms with Crippen molar-refractivity contribution < 1.29 is 19.4 Å². The zero-order chi connectivity index (χ0) is 22.0. The van der Waals surface area contributed by atoms with E-state index in [2.05, 4.69) is 10.3 Å². The lowest BCUT2D eigenvalue weighted by atomic mass is 10.0. The number of anilines is 2. The molecule has 0 fully saturated rings. The van der Waals surface area contributed by atoms with E-state index in [1.165, 1.54) is 17.4 Å². The number of amides is 1. The molecule has 1 aromatic carbocycles. The van der Waals surface area contributed by atoms with E-state index in [9.17, 15) is 19.4 Å². The summed E-state index contributed by atoms with van der Waals surface area (Å²) < 4.78 is 14.7. The van der Waals surface area contributed by atoms with Crippen molar-refractivity contribution in [3.63, 3.8) is 0 Å². The minimum Gasteiger partial charge on any atom is -0.389 e. The van der Waals surface area contributed by atoms with Gasteiger partial charge in [-0.25, -0.2) is 9.37 Å². The van der Waals surface area contributed by atoms with E-state index in [4.69, 9.17) is 5.73 Å². The van der Waals surface area contributed by atoms with Gasteiger partial charge in [0, 0.05) is 21.7 Å². The van der Waals surface area contributed by atoms with Gasteiger partial charge in [-0.1, -0.05) is 25.1 Å². The quantitative estimate of drug-likeness (QED) is 0.439. The Balaban J connectivity index is 1.96. The third-order valence-electron chi connectivity index (χ3n) is 4.85. The first-order valence-electron chi connectivity index (χ1n) is 9.55. The smallest absolute Gasteiger partial charge is 0.251 e. The number of aliphatic hydroxyl groups excluding tert-OH is 2. The summed E-state index contributed by atoms with van der Waals surface area (Å²) in [5.41, 5.74) is 7.93. The topological polar surface area (TPSA) is 108 Å². The number of nitrogens with one attached hydrogen (secondary N) is 1. The summed E-state index contributed by atoms with van der Waals surface area (Å²) in [4.78, 5) is 16.9.